The Morgan fingerprint density at radius 2 is 1.88 bits per heavy atom. The quantitative estimate of drug-likeness (QED) is 0.396. The number of nitro benzene ring substituents is 1. The van der Waals surface area contributed by atoms with E-state index in [1.807, 2.05) is 0 Å². The van der Waals surface area contributed by atoms with Gasteiger partial charge in [-0.25, -0.2) is 10.0 Å². The SMILES string of the molecule is Cc1nn(C)c(Cl)c1/C=C/C(=O)N1CCCN1C(=O)CNC(=O)c1ccc([N+](=O)[O-])cc1. The molecule has 0 saturated carbocycles. The number of benzene rings is 1. The van der Waals surface area contributed by atoms with Gasteiger partial charge in [-0.2, -0.15) is 5.10 Å². The Balaban J connectivity index is 1.60. The lowest BCUT2D eigenvalue weighted by Gasteiger charge is -2.27. The van der Waals surface area contributed by atoms with Crippen molar-refractivity contribution < 1.29 is 19.3 Å². The topological polar surface area (TPSA) is 131 Å². The fourth-order valence-corrected chi connectivity index (χ4v) is 3.50. The summed E-state index contributed by atoms with van der Waals surface area (Å²) in [6, 6.07) is 5.03. The molecule has 0 unspecified atom stereocenters. The number of aromatic nitrogens is 2. The zero-order valence-corrected chi connectivity index (χ0v) is 18.2. The molecule has 1 saturated heterocycles. The number of hydrogen-bond acceptors (Lipinski definition) is 6. The second-order valence-corrected chi connectivity index (χ2v) is 7.42. The molecule has 1 aromatic carbocycles. The van der Waals surface area contributed by atoms with Crippen molar-refractivity contribution in [2.75, 3.05) is 19.6 Å². The number of nitro groups is 1. The number of halogens is 1. The number of amides is 3. The molecule has 2 heterocycles. The number of non-ortho nitro benzene ring substituents is 1. The highest BCUT2D eigenvalue weighted by molar-refractivity contribution is 6.31. The molecule has 1 aromatic heterocycles. The maximum Gasteiger partial charge on any atom is 0.269 e. The molecule has 1 N–H and O–H groups in total. The fourth-order valence-electron chi connectivity index (χ4n) is 3.26. The van der Waals surface area contributed by atoms with Crippen molar-refractivity contribution >= 4 is 41.1 Å². The van der Waals surface area contributed by atoms with E-state index < -0.39 is 22.6 Å². The maximum atomic E-state index is 12.6. The standard InChI is InChI=1S/C20H21ClN6O5/c1-13-16(19(21)24(2)23-13)8-9-17(28)25-10-3-11-26(25)18(29)12-22-20(30)14-4-6-15(7-5-14)27(31)32/h4-9H,3,10-12H2,1-2H3,(H,22,30)/b9-8+. The number of nitrogens with one attached hydrogen (secondary N) is 1. The highest BCUT2D eigenvalue weighted by Gasteiger charge is 2.29. The molecule has 1 aliphatic rings. The Labute approximate surface area is 188 Å². The first-order chi connectivity index (χ1) is 15.2. The summed E-state index contributed by atoms with van der Waals surface area (Å²) >= 11 is 6.17. The summed E-state index contributed by atoms with van der Waals surface area (Å²) in [4.78, 5) is 47.6. The van der Waals surface area contributed by atoms with Crippen LogP contribution in [0.15, 0.2) is 30.3 Å². The molecular formula is C20H21ClN6O5. The van der Waals surface area contributed by atoms with Gasteiger partial charge in [0, 0.05) is 49.5 Å². The molecule has 1 aliphatic heterocycles. The third-order valence-electron chi connectivity index (χ3n) is 4.90. The molecule has 168 valence electrons. The number of carbonyl (C=O) groups is 3. The molecule has 1 fully saturated rings. The highest BCUT2D eigenvalue weighted by atomic mass is 35.5. The van der Waals surface area contributed by atoms with E-state index in [9.17, 15) is 24.5 Å². The van der Waals surface area contributed by atoms with Crippen LogP contribution in [-0.2, 0) is 16.6 Å². The molecule has 3 rings (SSSR count). The minimum atomic E-state index is -0.567. The summed E-state index contributed by atoms with van der Waals surface area (Å²) in [7, 11) is 1.69. The second kappa shape index (κ2) is 9.60. The lowest BCUT2D eigenvalue weighted by molar-refractivity contribution is -0.384. The summed E-state index contributed by atoms with van der Waals surface area (Å²) in [5, 5.41) is 20.4. The third-order valence-corrected chi connectivity index (χ3v) is 5.35. The van der Waals surface area contributed by atoms with Gasteiger partial charge in [0.15, 0.2) is 0 Å². The van der Waals surface area contributed by atoms with E-state index in [2.05, 4.69) is 10.4 Å². The summed E-state index contributed by atoms with van der Waals surface area (Å²) in [5.41, 5.74) is 1.34. The molecule has 11 nitrogen and oxygen atoms in total. The summed E-state index contributed by atoms with van der Waals surface area (Å²) in [6.45, 7) is 2.16. The summed E-state index contributed by atoms with van der Waals surface area (Å²) in [6.07, 6.45) is 3.50. The first kappa shape index (κ1) is 22.9. The number of nitrogens with zero attached hydrogens (tertiary/aromatic N) is 5. The van der Waals surface area contributed by atoms with Crippen LogP contribution in [0, 0.1) is 17.0 Å². The minimum absolute atomic E-state index is 0.139. The van der Waals surface area contributed by atoms with E-state index in [-0.39, 0.29) is 17.8 Å². The van der Waals surface area contributed by atoms with Gasteiger partial charge in [0.25, 0.3) is 23.4 Å². The Morgan fingerprint density at radius 3 is 2.47 bits per heavy atom. The van der Waals surface area contributed by atoms with E-state index in [0.717, 1.165) is 0 Å². The van der Waals surface area contributed by atoms with Gasteiger partial charge in [0.05, 0.1) is 17.2 Å². The van der Waals surface area contributed by atoms with Gasteiger partial charge in [-0.05, 0) is 31.6 Å². The van der Waals surface area contributed by atoms with Crippen LogP contribution in [0.3, 0.4) is 0 Å². The van der Waals surface area contributed by atoms with Crippen molar-refractivity contribution in [2.45, 2.75) is 13.3 Å². The molecule has 0 spiro atoms. The highest BCUT2D eigenvalue weighted by Crippen LogP contribution is 2.20. The normalized spacial score (nSPS) is 13.6. The Hall–Kier alpha value is -3.73. The van der Waals surface area contributed by atoms with Crippen molar-refractivity contribution in [3.05, 3.63) is 62.4 Å². The first-order valence-electron chi connectivity index (χ1n) is 9.70. The Bertz CT molecular complexity index is 1090. The number of aryl methyl sites for hydroxylation is 2. The van der Waals surface area contributed by atoms with Crippen LogP contribution in [0.1, 0.15) is 28.0 Å². The zero-order valence-electron chi connectivity index (χ0n) is 17.4. The minimum Gasteiger partial charge on any atom is -0.343 e. The Morgan fingerprint density at radius 1 is 1.22 bits per heavy atom. The molecule has 2 aromatic rings. The van der Waals surface area contributed by atoms with Gasteiger partial charge in [-0.3, -0.25) is 29.2 Å². The number of rotatable bonds is 6. The van der Waals surface area contributed by atoms with Crippen LogP contribution in [0.25, 0.3) is 6.08 Å². The van der Waals surface area contributed by atoms with Gasteiger partial charge in [0.1, 0.15) is 5.15 Å². The average molecular weight is 461 g/mol. The molecule has 0 radical (unpaired) electrons. The third kappa shape index (κ3) is 4.94. The van der Waals surface area contributed by atoms with Crippen LogP contribution in [0.5, 0.6) is 0 Å². The van der Waals surface area contributed by atoms with Crippen molar-refractivity contribution in [3.63, 3.8) is 0 Å². The molecule has 0 aliphatic carbocycles. The number of hydrazine groups is 1. The molecular weight excluding hydrogens is 440 g/mol. The van der Waals surface area contributed by atoms with E-state index in [4.69, 9.17) is 11.6 Å². The molecule has 3 amide bonds. The van der Waals surface area contributed by atoms with Crippen LogP contribution < -0.4 is 5.32 Å². The predicted molar refractivity (Wildman–Crippen MR) is 115 cm³/mol. The van der Waals surface area contributed by atoms with Crippen molar-refractivity contribution in [2.24, 2.45) is 7.05 Å². The predicted octanol–water partition coefficient (Wildman–Crippen LogP) is 1.71. The van der Waals surface area contributed by atoms with E-state index in [1.54, 1.807) is 20.0 Å². The zero-order chi connectivity index (χ0) is 23.4. The average Bonchev–Trinajstić information content (AvgIpc) is 3.35. The monoisotopic (exact) mass is 460 g/mol. The largest absolute Gasteiger partial charge is 0.343 e. The summed E-state index contributed by atoms with van der Waals surface area (Å²) < 4.78 is 1.50. The van der Waals surface area contributed by atoms with E-state index in [1.165, 1.54) is 45.0 Å². The lowest BCUT2D eigenvalue weighted by atomic mass is 10.2. The fraction of sp³-hybridized carbons (Fsp3) is 0.300. The van der Waals surface area contributed by atoms with Gasteiger partial charge in [-0.1, -0.05) is 11.6 Å². The molecule has 12 heteroatoms. The number of carbonyl (C=O) groups excluding carboxylic acids is 3. The lowest BCUT2D eigenvalue weighted by Crippen LogP contribution is -2.48. The molecule has 0 bridgehead atoms. The van der Waals surface area contributed by atoms with Crippen LogP contribution in [0.4, 0.5) is 5.69 Å². The summed E-state index contributed by atoms with van der Waals surface area (Å²) in [5.74, 6) is -1.39. The molecule has 32 heavy (non-hydrogen) atoms. The van der Waals surface area contributed by atoms with Gasteiger partial charge >= 0.3 is 0 Å². The van der Waals surface area contributed by atoms with Crippen LogP contribution in [0.2, 0.25) is 5.15 Å². The van der Waals surface area contributed by atoms with Gasteiger partial charge in [0.2, 0.25) is 0 Å². The van der Waals surface area contributed by atoms with E-state index >= 15 is 0 Å². The smallest absolute Gasteiger partial charge is 0.269 e. The van der Waals surface area contributed by atoms with Crippen molar-refractivity contribution in [1.82, 2.24) is 25.1 Å². The van der Waals surface area contributed by atoms with Gasteiger partial charge < -0.3 is 5.32 Å². The van der Waals surface area contributed by atoms with Crippen molar-refractivity contribution in [1.29, 1.82) is 0 Å². The van der Waals surface area contributed by atoms with Gasteiger partial charge in [-0.15, -0.1) is 0 Å². The Kier molecular flexibility index (Phi) is 6.89. The maximum absolute atomic E-state index is 12.6. The van der Waals surface area contributed by atoms with Crippen LogP contribution >= 0.6 is 11.6 Å². The second-order valence-electron chi connectivity index (χ2n) is 7.07. The number of hydrogen-bond donors (Lipinski definition) is 1. The first-order valence-corrected chi connectivity index (χ1v) is 10.1. The van der Waals surface area contributed by atoms with E-state index in [0.29, 0.717) is 35.9 Å². The van der Waals surface area contributed by atoms with Crippen molar-refractivity contribution in [3.8, 4) is 0 Å². The van der Waals surface area contributed by atoms with Crippen LogP contribution in [-0.4, -0.2) is 62.1 Å². The molecule has 0 atom stereocenters.